The van der Waals surface area contributed by atoms with Gasteiger partial charge in [0.25, 0.3) is 0 Å². The summed E-state index contributed by atoms with van der Waals surface area (Å²) in [5.74, 6) is -0.270. The highest BCUT2D eigenvalue weighted by Crippen LogP contribution is 2.18. The third kappa shape index (κ3) is 4.56. The standard InChI is InChI=1S/C20H22FN3O/c1-23(15-18-12-17(13-22)4-7-20(18)21)14-16-2-5-19(6-3-16)24-8-10-25-11-9-24/h2-7,12H,8-11,14-15H2,1H3. The number of ether oxygens (including phenoxy) is 1. The van der Waals surface area contributed by atoms with Crippen molar-refractivity contribution in [2.45, 2.75) is 13.1 Å². The summed E-state index contributed by atoms with van der Waals surface area (Å²) in [5, 5.41) is 8.96. The zero-order valence-corrected chi connectivity index (χ0v) is 14.4. The first kappa shape index (κ1) is 17.4. The minimum atomic E-state index is -0.270. The number of rotatable bonds is 5. The number of hydrogen-bond acceptors (Lipinski definition) is 4. The summed E-state index contributed by atoms with van der Waals surface area (Å²) in [6.45, 7) is 4.59. The average molecular weight is 339 g/mol. The van der Waals surface area contributed by atoms with Crippen molar-refractivity contribution in [1.82, 2.24) is 4.90 Å². The average Bonchev–Trinajstić information content (AvgIpc) is 2.65. The fourth-order valence-corrected chi connectivity index (χ4v) is 3.06. The Kier molecular flexibility index (Phi) is 5.64. The molecule has 5 heteroatoms. The predicted molar refractivity (Wildman–Crippen MR) is 95.8 cm³/mol. The zero-order valence-electron chi connectivity index (χ0n) is 14.4. The third-order valence-corrected chi connectivity index (χ3v) is 4.38. The van der Waals surface area contributed by atoms with E-state index in [1.54, 1.807) is 6.07 Å². The van der Waals surface area contributed by atoms with Gasteiger partial charge in [-0.05, 0) is 42.9 Å². The highest BCUT2D eigenvalue weighted by molar-refractivity contribution is 5.48. The number of benzene rings is 2. The molecule has 0 unspecified atom stereocenters. The van der Waals surface area contributed by atoms with E-state index in [0.717, 1.165) is 32.8 Å². The molecular weight excluding hydrogens is 317 g/mol. The van der Waals surface area contributed by atoms with Crippen molar-refractivity contribution in [3.8, 4) is 6.07 Å². The second kappa shape index (κ2) is 8.11. The van der Waals surface area contributed by atoms with Crippen LogP contribution in [-0.2, 0) is 17.8 Å². The largest absolute Gasteiger partial charge is 0.378 e. The van der Waals surface area contributed by atoms with Crippen LogP contribution >= 0.6 is 0 Å². The first-order valence-electron chi connectivity index (χ1n) is 8.44. The van der Waals surface area contributed by atoms with Crippen LogP contribution in [0.25, 0.3) is 0 Å². The van der Waals surface area contributed by atoms with Crippen molar-refractivity contribution in [3.05, 3.63) is 65.0 Å². The second-order valence-corrected chi connectivity index (χ2v) is 6.36. The molecule has 0 atom stereocenters. The van der Waals surface area contributed by atoms with Crippen LogP contribution in [0.2, 0.25) is 0 Å². The Morgan fingerprint density at radius 2 is 1.84 bits per heavy atom. The molecule has 2 aromatic carbocycles. The van der Waals surface area contributed by atoms with Gasteiger partial charge in [-0.2, -0.15) is 5.26 Å². The number of hydrogen-bond donors (Lipinski definition) is 0. The number of morpholine rings is 1. The maximum Gasteiger partial charge on any atom is 0.127 e. The van der Waals surface area contributed by atoms with Crippen molar-refractivity contribution in [2.75, 3.05) is 38.3 Å². The van der Waals surface area contributed by atoms with Crippen LogP contribution in [0, 0.1) is 17.1 Å². The van der Waals surface area contributed by atoms with E-state index >= 15 is 0 Å². The lowest BCUT2D eigenvalue weighted by Gasteiger charge is -2.29. The molecule has 0 amide bonds. The van der Waals surface area contributed by atoms with Gasteiger partial charge in [-0.15, -0.1) is 0 Å². The number of nitrogens with zero attached hydrogens (tertiary/aromatic N) is 3. The summed E-state index contributed by atoms with van der Waals surface area (Å²) in [6.07, 6.45) is 0. The van der Waals surface area contributed by atoms with E-state index in [-0.39, 0.29) is 5.82 Å². The van der Waals surface area contributed by atoms with E-state index in [4.69, 9.17) is 10.00 Å². The van der Waals surface area contributed by atoms with E-state index in [1.165, 1.54) is 23.4 Å². The number of nitriles is 1. The van der Waals surface area contributed by atoms with Crippen LogP contribution < -0.4 is 4.90 Å². The molecular formula is C20H22FN3O. The molecule has 0 N–H and O–H groups in total. The van der Waals surface area contributed by atoms with Gasteiger partial charge in [0, 0.05) is 37.4 Å². The van der Waals surface area contributed by atoms with Gasteiger partial charge in [-0.3, -0.25) is 4.90 Å². The van der Waals surface area contributed by atoms with E-state index in [2.05, 4.69) is 35.2 Å². The molecule has 0 aliphatic carbocycles. The monoisotopic (exact) mass is 339 g/mol. The molecule has 0 aromatic heterocycles. The van der Waals surface area contributed by atoms with Crippen molar-refractivity contribution in [3.63, 3.8) is 0 Å². The lowest BCUT2D eigenvalue weighted by molar-refractivity contribution is 0.122. The third-order valence-electron chi connectivity index (χ3n) is 4.38. The SMILES string of the molecule is CN(Cc1ccc(N2CCOCC2)cc1)Cc1cc(C#N)ccc1F. The first-order valence-corrected chi connectivity index (χ1v) is 8.44. The maximum absolute atomic E-state index is 13.9. The molecule has 4 nitrogen and oxygen atoms in total. The Balaban J connectivity index is 1.61. The molecule has 130 valence electrons. The van der Waals surface area contributed by atoms with Crippen LogP contribution in [0.4, 0.5) is 10.1 Å². The summed E-state index contributed by atoms with van der Waals surface area (Å²) in [7, 11) is 1.95. The molecule has 1 aliphatic heterocycles. The molecule has 0 spiro atoms. The van der Waals surface area contributed by atoms with E-state index in [1.807, 2.05) is 11.9 Å². The van der Waals surface area contributed by atoms with Gasteiger partial charge < -0.3 is 9.64 Å². The first-order chi connectivity index (χ1) is 12.2. The van der Waals surface area contributed by atoms with Gasteiger partial charge >= 0.3 is 0 Å². The molecule has 1 heterocycles. The lowest BCUT2D eigenvalue weighted by Crippen LogP contribution is -2.36. The Morgan fingerprint density at radius 1 is 1.12 bits per heavy atom. The summed E-state index contributed by atoms with van der Waals surface area (Å²) in [5.41, 5.74) is 3.42. The molecule has 1 saturated heterocycles. The van der Waals surface area contributed by atoms with Crippen LogP contribution in [0.15, 0.2) is 42.5 Å². The summed E-state index contributed by atoms with van der Waals surface area (Å²) in [6, 6.07) is 15.0. The minimum absolute atomic E-state index is 0.270. The molecule has 0 bridgehead atoms. The Morgan fingerprint density at radius 3 is 2.52 bits per heavy atom. The van der Waals surface area contributed by atoms with E-state index < -0.39 is 0 Å². The van der Waals surface area contributed by atoms with Crippen LogP contribution in [0.5, 0.6) is 0 Å². The van der Waals surface area contributed by atoms with Gasteiger partial charge in [0.05, 0.1) is 24.8 Å². The molecule has 2 aromatic rings. The highest BCUT2D eigenvalue weighted by atomic mass is 19.1. The molecule has 1 fully saturated rings. The number of anilines is 1. The lowest BCUT2D eigenvalue weighted by atomic mass is 10.1. The molecule has 25 heavy (non-hydrogen) atoms. The second-order valence-electron chi connectivity index (χ2n) is 6.36. The molecule has 0 saturated carbocycles. The van der Waals surface area contributed by atoms with Crippen molar-refractivity contribution < 1.29 is 9.13 Å². The van der Waals surface area contributed by atoms with Gasteiger partial charge in [0.15, 0.2) is 0 Å². The Labute approximate surface area is 148 Å². The van der Waals surface area contributed by atoms with Crippen molar-refractivity contribution in [2.24, 2.45) is 0 Å². The van der Waals surface area contributed by atoms with Crippen LogP contribution in [0.1, 0.15) is 16.7 Å². The van der Waals surface area contributed by atoms with Crippen LogP contribution in [-0.4, -0.2) is 38.3 Å². The van der Waals surface area contributed by atoms with E-state index in [9.17, 15) is 4.39 Å². The molecule has 3 rings (SSSR count). The topological polar surface area (TPSA) is 39.5 Å². The van der Waals surface area contributed by atoms with Crippen molar-refractivity contribution in [1.29, 1.82) is 5.26 Å². The highest BCUT2D eigenvalue weighted by Gasteiger charge is 2.11. The number of halogens is 1. The summed E-state index contributed by atoms with van der Waals surface area (Å²) >= 11 is 0. The normalized spacial score (nSPS) is 14.6. The fourth-order valence-electron chi connectivity index (χ4n) is 3.06. The van der Waals surface area contributed by atoms with Gasteiger partial charge in [0.2, 0.25) is 0 Å². The summed E-state index contributed by atoms with van der Waals surface area (Å²) < 4.78 is 19.3. The van der Waals surface area contributed by atoms with Gasteiger partial charge in [-0.1, -0.05) is 12.1 Å². The zero-order chi connectivity index (χ0) is 17.6. The smallest absolute Gasteiger partial charge is 0.127 e. The Hall–Kier alpha value is -2.42. The molecule has 0 radical (unpaired) electrons. The molecule has 1 aliphatic rings. The maximum atomic E-state index is 13.9. The van der Waals surface area contributed by atoms with Crippen LogP contribution in [0.3, 0.4) is 0 Å². The summed E-state index contributed by atoms with van der Waals surface area (Å²) in [4.78, 5) is 4.36. The fraction of sp³-hybridized carbons (Fsp3) is 0.350. The van der Waals surface area contributed by atoms with Gasteiger partial charge in [0.1, 0.15) is 5.82 Å². The Bertz CT molecular complexity index is 749. The van der Waals surface area contributed by atoms with Gasteiger partial charge in [-0.25, -0.2) is 4.39 Å². The van der Waals surface area contributed by atoms with E-state index in [0.29, 0.717) is 17.7 Å². The quantitative estimate of drug-likeness (QED) is 0.839. The predicted octanol–water partition coefficient (Wildman–Crippen LogP) is 3.17. The minimum Gasteiger partial charge on any atom is -0.378 e. The van der Waals surface area contributed by atoms with Crippen molar-refractivity contribution >= 4 is 5.69 Å².